The summed E-state index contributed by atoms with van der Waals surface area (Å²) in [5.74, 6) is 1.09. The topological polar surface area (TPSA) is 62.6 Å². The number of amides is 2. The van der Waals surface area contributed by atoms with Crippen LogP contribution >= 0.6 is 0 Å². The van der Waals surface area contributed by atoms with Gasteiger partial charge < -0.3 is 14.6 Å². The van der Waals surface area contributed by atoms with Gasteiger partial charge in [-0.2, -0.15) is 0 Å². The molecule has 1 fully saturated rings. The van der Waals surface area contributed by atoms with Crippen LogP contribution in [-0.2, 0) is 9.59 Å². The fourth-order valence-corrected chi connectivity index (χ4v) is 3.63. The molecule has 1 N–H and O–H groups in total. The Morgan fingerprint density at radius 3 is 2.57 bits per heavy atom. The number of nitrogens with one attached hydrogen (secondary N) is 1. The first kappa shape index (κ1) is 19.9. The minimum absolute atomic E-state index is 0.00834. The van der Waals surface area contributed by atoms with Crippen LogP contribution in [0.4, 0.5) is 0 Å². The minimum Gasteiger partial charge on any atom is -0.465 e. The number of likely N-dealkylation sites (tertiary alicyclic amines) is 1. The lowest BCUT2D eigenvalue weighted by Crippen LogP contribution is -2.41. The molecule has 1 aliphatic rings. The van der Waals surface area contributed by atoms with Crippen LogP contribution in [-0.4, -0.2) is 36.3 Å². The zero-order valence-electron chi connectivity index (χ0n) is 16.3. The van der Waals surface area contributed by atoms with Crippen LogP contribution in [0.15, 0.2) is 59.2 Å². The summed E-state index contributed by atoms with van der Waals surface area (Å²) in [6.45, 7) is 4.15. The lowest BCUT2D eigenvalue weighted by atomic mass is 9.94. The molecule has 0 spiro atoms. The highest BCUT2D eigenvalue weighted by atomic mass is 16.3. The van der Waals surface area contributed by atoms with E-state index in [0.717, 1.165) is 37.9 Å². The van der Waals surface area contributed by atoms with Gasteiger partial charge in [0.2, 0.25) is 11.8 Å². The first-order chi connectivity index (χ1) is 13.7. The third kappa shape index (κ3) is 5.35. The number of rotatable bonds is 7. The molecule has 0 bridgehead atoms. The summed E-state index contributed by atoms with van der Waals surface area (Å²) in [5.41, 5.74) is 1.06. The minimum atomic E-state index is -0.102. The van der Waals surface area contributed by atoms with E-state index in [1.165, 1.54) is 0 Å². The third-order valence-electron chi connectivity index (χ3n) is 5.35. The van der Waals surface area contributed by atoms with Crippen molar-refractivity contribution in [3.63, 3.8) is 0 Å². The summed E-state index contributed by atoms with van der Waals surface area (Å²) in [6.07, 6.45) is 7.44. The number of benzene rings is 1. The fraction of sp³-hybridized carbons (Fsp3) is 0.391. The highest BCUT2D eigenvalue weighted by molar-refractivity contribution is 5.91. The van der Waals surface area contributed by atoms with E-state index in [1.807, 2.05) is 48.2 Å². The molecule has 1 atom stereocenters. The van der Waals surface area contributed by atoms with E-state index in [4.69, 9.17) is 4.42 Å². The van der Waals surface area contributed by atoms with Crippen LogP contribution in [0.25, 0.3) is 6.08 Å². The highest BCUT2D eigenvalue weighted by Crippen LogP contribution is 2.21. The smallest absolute Gasteiger partial charge is 0.246 e. The molecule has 1 aromatic carbocycles. The van der Waals surface area contributed by atoms with E-state index in [2.05, 4.69) is 5.32 Å². The molecule has 5 heteroatoms. The quantitative estimate of drug-likeness (QED) is 0.743. The Kier molecular flexibility index (Phi) is 7.06. The molecule has 0 saturated carbocycles. The van der Waals surface area contributed by atoms with Crippen molar-refractivity contribution in [2.45, 2.75) is 32.1 Å². The number of piperidine rings is 1. The summed E-state index contributed by atoms with van der Waals surface area (Å²) < 4.78 is 5.21. The van der Waals surface area contributed by atoms with Crippen LogP contribution in [0.2, 0.25) is 0 Å². The van der Waals surface area contributed by atoms with Gasteiger partial charge in [-0.05, 0) is 49.0 Å². The fourth-order valence-electron chi connectivity index (χ4n) is 3.63. The van der Waals surface area contributed by atoms with E-state index in [9.17, 15) is 9.59 Å². The maximum atomic E-state index is 12.6. The Morgan fingerprint density at radius 2 is 1.93 bits per heavy atom. The predicted molar refractivity (Wildman–Crippen MR) is 110 cm³/mol. The molecule has 148 valence electrons. The zero-order valence-corrected chi connectivity index (χ0v) is 16.3. The molecule has 1 aliphatic heterocycles. The monoisotopic (exact) mass is 380 g/mol. The largest absolute Gasteiger partial charge is 0.465 e. The Labute approximate surface area is 166 Å². The third-order valence-corrected chi connectivity index (χ3v) is 5.35. The molecule has 5 nitrogen and oxygen atoms in total. The maximum Gasteiger partial charge on any atom is 0.246 e. The van der Waals surface area contributed by atoms with Crippen LogP contribution in [0, 0.1) is 5.92 Å². The molecule has 1 aromatic heterocycles. The molecule has 28 heavy (non-hydrogen) atoms. The molecule has 0 radical (unpaired) electrons. The van der Waals surface area contributed by atoms with Crippen molar-refractivity contribution >= 4 is 17.9 Å². The molecule has 1 saturated heterocycles. The molecule has 0 aliphatic carbocycles. The van der Waals surface area contributed by atoms with Crippen molar-refractivity contribution in [1.29, 1.82) is 0 Å². The van der Waals surface area contributed by atoms with E-state index in [-0.39, 0.29) is 17.7 Å². The van der Waals surface area contributed by atoms with Gasteiger partial charge in [-0.25, -0.2) is 0 Å². The first-order valence-corrected chi connectivity index (χ1v) is 10.0. The molecule has 2 heterocycles. The molecular weight excluding hydrogens is 352 g/mol. The summed E-state index contributed by atoms with van der Waals surface area (Å²) in [4.78, 5) is 26.7. The Balaban J connectivity index is 1.42. The van der Waals surface area contributed by atoms with Crippen LogP contribution in [0.5, 0.6) is 0 Å². The second-order valence-corrected chi connectivity index (χ2v) is 7.23. The maximum absolute atomic E-state index is 12.6. The highest BCUT2D eigenvalue weighted by Gasteiger charge is 2.24. The Morgan fingerprint density at radius 1 is 1.18 bits per heavy atom. The number of hydrogen-bond donors (Lipinski definition) is 1. The normalized spacial score (nSPS) is 16.2. The second kappa shape index (κ2) is 9.93. The summed E-state index contributed by atoms with van der Waals surface area (Å²) in [6, 6.07) is 13.5. The van der Waals surface area contributed by atoms with Crippen molar-refractivity contribution in [2.24, 2.45) is 5.92 Å². The van der Waals surface area contributed by atoms with Gasteiger partial charge in [0.05, 0.1) is 12.2 Å². The van der Waals surface area contributed by atoms with Gasteiger partial charge in [0.1, 0.15) is 5.76 Å². The van der Waals surface area contributed by atoms with Gasteiger partial charge in [-0.15, -0.1) is 0 Å². The number of furan rings is 1. The molecule has 0 unspecified atom stereocenters. The van der Waals surface area contributed by atoms with E-state index < -0.39 is 0 Å². The predicted octanol–water partition coefficient (Wildman–Crippen LogP) is 3.84. The standard InChI is InChI=1S/C23H28N2O3/c1-2-21(19-7-4-3-5-8-19)23(27)24-17-18-12-14-25(15-13-18)22(26)11-10-20-9-6-16-28-20/h3-11,16,18,21H,2,12-15,17H2,1H3,(H,24,27)/b11-10+/t21-/m0/s1. The van der Waals surface area contributed by atoms with Crippen molar-refractivity contribution in [3.05, 3.63) is 66.1 Å². The van der Waals surface area contributed by atoms with Gasteiger partial charge in [-0.1, -0.05) is 37.3 Å². The van der Waals surface area contributed by atoms with Gasteiger partial charge in [-0.3, -0.25) is 9.59 Å². The van der Waals surface area contributed by atoms with E-state index >= 15 is 0 Å². The number of nitrogens with zero attached hydrogens (tertiary/aromatic N) is 1. The lowest BCUT2D eigenvalue weighted by Gasteiger charge is -2.31. The summed E-state index contributed by atoms with van der Waals surface area (Å²) in [7, 11) is 0. The van der Waals surface area contributed by atoms with Gasteiger partial charge in [0.25, 0.3) is 0 Å². The number of carbonyl (C=O) groups excluding carboxylic acids is 2. The number of carbonyl (C=O) groups is 2. The molecule has 2 amide bonds. The van der Waals surface area contributed by atoms with Crippen molar-refractivity contribution in [3.8, 4) is 0 Å². The second-order valence-electron chi connectivity index (χ2n) is 7.23. The summed E-state index contributed by atoms with van der Waals surface area (Å²) in [5, 5.41) is 3.12. The van der Waals surface area contributed by atoms with E-state index in [1.54, 1.807) is 24.5 Å². The SMILES string of the molecule is CC[C@H](C(=O)NCC1CCN(C(=O)/C=C/c2ccco2)CC1)c1ccccc1. The Bertz CT molecular complexity index is 775. The van der Waals surface area contributed by atoms with Crippen LogP contribution in [0.1, 0.15) is 43.4 Å². The average Bonchev–Trinajstić information content (AvgIpc) is 3.26. The van der Waals surface area contributed by atoms with E-state index in [0.29, 0.717) is 18.2 Å². The van der Waals surface area contributed by atoms with Crippen LogP contribution < -0.4 is 5.32 Å². The van der Waals surface area contributed by atoms with Crippen molar-refractivity contribution in [1.82, 2.24) is 10.2 Å². The van der Waals surface area contributed by atoms with Crippen molar-refractivity contribution < 1.29 is 14.0 Å². The first-order valence-electron chi connectivity index (χ1n) is 10.0. The molecular formula is C23H28N2O3. The molecule has 3 rings (SSSR count). The number of hydrogen-bond acceptors (Lipinski definition) is 3. The van der Waals surface area contributed by atoms with Crippen molar-refractivity contribution in [2.75, 3.05) is 19.6 Å². The average molecular weight is 380 g/mol. The zero-order chi connectivity index (χ0) is 19.8. The van der Waals surface area contributed by atoms with Gasteiger partial charge >= 0.3 is 0 Å². The lowest BCUT2D eigenvalue weighted by molar-refractivity contribution is -0.128. The molecule has 2 aromatic rings. The van der Waals surface area contributed by atoms with Gasteiger partial charge in [0, 0.05) is 25.7 Å². The Hall–Kier alpha value is -2.82. The summed E-state index contributed by atoms with van der Waals surface area (Å²) >= 11 is 0. The van der Waals surface area contributed by atoms with Gasteiger partial charge in [0.15, 0.2) is 0 Å². The van der Waals surface area contributed by atoms with Crippen LogP contribution in [0.3, 0.4) is 0 Å².